The highest BCUT2D eigenvalue weighted by atomic mass is 19.1. The Kier molecular flexibility index (Phi) is 15.5. The third kappa shape index (κ3) is 15.3. The van der Waals surface area contributed by atoms with E-state index in [9.17, 15) is 28.4 Å². The normalized spacial score (nSPS) is 16.1. The Hall–Kier alpha value is -3.76. The Morgan fingerprint density at radius 3 is 2.24 bits per heavy atom. The van der Waals surface area contributed by atoms with E-state index in [-0.39, 0.29) is 48.8 Å². The fourth-order valence-electron chi connectivity index (χ4n) is 4.01. The van der Waals surface area contributed by atoms with Crippen LogP contribution in [-0.4, -0.2) is 60.5 Å². The summed E-state index contributed by atoms with van der Waals surface area (Å²) < 4.78 is 22.2. The fourth-order valence-corrected chi connectivity index (χ4v) is 4.01. The minimum atomic E-state index is -0.788. The van der Waals surface area contributed by atoms with Gasteiger partial charge in [-0.3, -0.25) is 14.4 Å². The zero-order chi connectivity index (χ0) is 31.9. The second kappa shape index (κ2) is 17.9. The summed E-state index contributed by atoms with van der Waals surface area (Å²) in [5.74, 6) is -1.95. The Morgan fingerprint density at radius 2 is 1.74 bits per heavy atom. The van der Waals surface area contributed by atoms with Crippen LogP contribution in [0.4, 0.5) is 9.18 Å². The number of nitrogens with one attached hydrogen (secondary N) is 3. The summed E-state index contributed by atoms with van der Waals surface area (Å²) in [4.78, 5) is 61.0. The number of alkyl carbamates (subject to hydrolysis) is 1. The molecular formula is C31H46FN3O7. The van der Waals surface area contributed by atoms with E-state index in [0.717, 1.165) is 5.56 Å². The highest BCUT2D eigenvalue weighted by Crippen LogP contribution is 2.17. The topological polar surface area (TPSA) is 140 Å². The van der Waals surface area contributed by atoms with Gasteiger partial charge in [0.1, 0.15) is 11.4 Å². The lowest BCUT2D eigenvalue weighted by Crippen LogP contribution is -2.46. The molecule has 3 atom stereocenters. The average molecular weight is 592 g/mol. The zero-order valence-corrected chi connectivity index (χ0v) is 25.8. The molecule has 1 heterocycles. The Morgan fingerprint density at radius 1 is 1.10 bits per heavy atom. The number of rotatable bonds is 12. The quantitative estimate of drug-likeness (QED) is 0.245. The molecule has 10 nitrogen and oxygen atoms in total. The first-order chi connectivity index (χ1) is 19.6. The molecule has 0 bridgehead atoms. The van der Waals surface area contributed by atoms with Gasteiger partial charge in [0, 0.05) is 37.4 Å². The molecule has 2 rings (SSSR count). The largest absolute Gasteiger partial charge is 0.463 e. The van der Waals surface area contributed by atoms with E-state index >= 15 is 0 Å². The van der Waals surface area contributed by atoms with Gasteiger partial charge in [-0.05, 0) is 65.5 Å². The number of ketones is 1. The van der Waals surface area contributed by atoms with Crippen molar-refractivity contribution in [3.63, 3.8) is 0 Å². The lowest BCUT2D eigenvalue weighted by atomic mass is 9.96. The number of benzene rings is 1. The van der Waals surface area contributed by atoms with Crippen molar-refractivity contribution in [1.29, 1.82) is 0 Å². The third-order valence-corrected chi connectivity index (χ3v) is 6.09. The monoisotopic (exact) mass is 591 g/mol. The van der Waals surface area contributed by atoms with Crippen LogP contribution in [0.5, 0.6) is 0 Å². The SMILES string of the molecule is CCOC(=O)/C=C/C(CC1CCNC1=O)NC(=O)CCC(=O)C(NC(=O)OC(C)(C)C)C(C)C.Cc1ccc(F)cc1. The second-order valence-corrected chi connectivity index (χ2v) is 11.4. The number of esters is 1. The number of hydrogen-bond donors (Lipinski definition) is 3. The van der Waals surface area contributed by atoms with Crippen molar-refractivity contribution in [3.05, 3.63) is 47.8 Å². The Bertz CT molecular complexity index is 1060. The molecule has 0 saturated carbocycles. The van der Waals surface area contributed by atoms with Gasteiger partial charge in [0.2, 0.25) is 11.8 Å². The number of hydrogen-bond acceptors (Lipinski definition) is 7. The average Bonchev–Trinajstić information content (AvgIpc) is 3.29. The van der Waals surface area contributed by atoms with Crippen molar-refractivity contribution in [1.82, 2.24) is 16.0 Å². The molecular weight excluding hydrogens is 545 g/mol. The van der Waals surface area contributed by atoms with Gasteiger partial charge in [0.25, 0.3) is 0 Å². The van der Waals surface area contributed by atoms with Crippen molar-refractivity contribution < 1.29 is 37.8 Å². The molecule has 0 aliphatic carbocycles. The first kappa shape index (κ1) is 36.3. The van der Waals surface area contributed by atoms with E-state index in [1.54, 1.807) is 53.7 Å². The predicted molar refractivity (Wildman–Crippen MR) is 157 cm³/mol. The molecule has 1 aromatic carbocycles. The van der Waals surface area contributed by atoms with Crippen LogP contribution in [0.15, 0.2) is 36.4 Å². The van der Waals surface area contributed by atoms with Gasteiger partial charge in [-0.1, -0.05) is 37.6 Å². The van der Waals surface area contributed by atoms with E-state index in [4.69, 9.17) is 9.47 Å². The van der Waals surface area contributed by atoms with Crippen molar-refractivity contribution >= 4 is 29.7 Å². The number of halogens is 1. The van der Waals surface area contributed by atoms with Crippen LogP contribution in [0.25, 0.3) is 0 Å². The molecule has 3 N–H and O–H groups in total. The number of amides is 3. The van der Waals surface area contributed by atoms with Crippen LogP contribution in [0.1, 0.15) is 72.8 Å². The molecule has 234 valence electrons. The van der Waals surface area contributed by atoms with Crippen LogP contribution in [0.2, 0.25) is 0 Å². The maximum atomic E-state index is 12.7. The summed E-state index contributed by atoms with van der Waals surface area (Å²) in [6.45, 7) is 13.2. The highest BCUT2D eigenvalue weighted by Gasteiger charge is 2.29. The maximum Gasteiger partial charge on any atom is 0.408 e. The Balaban J connectivity index is 0.000000942. The lowest BCUT2D eigenvalue weighted by Gasteiger charge is -2.25. The molecule has 1 saturated heterocycles. The summed E-state index contributed by atoms with van der Waals surface area (Å²) in [5, 5.41) is 8.11. The van der Waals surface area contributed by atoms with Gasteiger partial charge >= 0.3 is 12.1 Å². The molecule has 42 heavy (non-hydrogen) atoms. The second-order valence-electron chi connectivity index (χ2n) is 11.4. The zero-order valence-electron chi connectivity index (χ0n) is 25.8. The minimum Gasteiger partial charge on any atom is -0.463 e. The first-order valence-electron chi connectivity index (χ1n) is 14.3. The first-order valence-corrected chi connectivity index (χ1v) is 14.3. The van der Waals surface area contributed by atoms with E-state index in [1.807, 2.05) is 6.92 Å². The van der Waals surface area contributed by atoms with Crippen molar-refractivity contribution in [3.8, 4) is 0 Å². The number of carbonyl (C=O) groups is 5. The number of ether oxygens (including phenoxy) is 2. The summed E-state index contributed by atoms with van der Waals surface area (Å²) in [7, 11) is 0. The molecule has 3 unspecified atom stereocenters. The standard InChI is InChI=1S/C24H39N3O7.C7H7F/c1-7-33-20(30)11-8-17(14-16-12-13-25-22(16)31)26-19(29)10-9-18(28)21(15(2)3)27-23(32)34-24(4,5)6;1-6-2-4-7(8)5-3-6/h8,11,15-17,21H,7,9-10,12-14H2,1-6H3,(H,25,31)(H,26,29)(H,27,32);2-5H,1H3/b11-8+;. The van der Waals surface area contributed by atoms with Crippen LogP contribution in [0, 0.1) is 24.6 Å². The van der Waals surface area contributed by atoms with E-state index < -0.39 is 35.7 Å². The number of Topliss-reactive ketones (excluding diaryl/α,β-unsaturated/α-hetero) is 1. The molecule has 1 aliphatic heterocycles. The summed E-state index contributed by atoms with van der Waals surface area (Å²) in [6, 6.07) is 5.04. The van der Waals surface area contributed by atoms with Crippen LogP contribution in [-0.2, 0) is 28.7 Å². The van der Waals surface area contributed by atoms with Crippen LogP contribution in [0.3, 0.4) is 0 Å². The molecule has 0 aromatic heterocycles. The molecule has 11 heteroatoms. The molecule has 1 fully saturated rings. The van der Waals surface area contributed by atoms with Crippen molar-refractivity contribution in [2.75, 3.05) is 13.2 Å². The molecule has 3 amide bonds. The molecule has 0 spiro atoms. The maximum absolute atomic E-state index is 12.7. The molecule has 1 aliphatic rings. The van der Waals surface area contributed by atoms with Crippen LogP contribution >= 0.6 is 0 Å². The molecule has 1 aromatic rings. The van der Waals surface area contributed by atoms with Gasteiger partial charge in [-0.25, -0.2) is 14.0 Å². The number of aryl methyl sites for hydroxylation is 1. The Labute approximate surface area is 248 Å². The number of carbonyl (C=O) groups excluding carboxylic acids is 5. The molecule has 0 radical (unpaired) electrons. The summed E-state index contributed by atoms with van der Waals surface area (Å²) in [6.07, 6.45) is 2.83. The van der Waals surface area contributed by atoms with Gasteiger partial charge in [0.15, 0.2) is 5.78 Å². The van der Waals surface area contributed by atoms with E-state index in [1.165, 1.54) is 24.3 Å². The summed E-state index contributed by atoms with van der Waals surface area (Å²) in [5.41, 5.74) is 0.392. The van der Waals surface area contributed by atoms with E-state index in [2.05, 4.69) is 16.0 Å². The van der Waals surface area contributed by atoms with Gasteiger partial charge in [0.05, 0.1) is 12.6 Å². The van der Waals surface area contributed by atoms with E-state index in [0.29, 0.717) is 19.4 Å². The van der Waals surface area contributed by atoms with Gasteiger partial charge in [-0.2, -0.15) is 0 Å². The van der Waals surface area contributed by atoms with Crippen LogP contribution < -0.4 is 16.0 Å². The smallest absolute Gasteiger partial charge is 0.408 e. The minimum absolute atomic E-state index is 0.0807. The van der Waals surface area contributed by atoms with Crippen molar-refractivity contribution in [2.24, 2.45) is 11.8 Å². The summed E-state index contributed by atoms with van der Waals surface area (Å²) >= 11 is 0. The van der Waals surface area contributed by atoms with Crippen molar-refractivity contribution in [2.45, 2.75) is 91.8 Å². The predicted octanol–water partition coefficient (Wildman–Crippen LogP) is 4.15. The third-order valence-electron chi connectivity index (χ3n) is 6.09. The highest BCUT2D eigenvalue weighted by molar-refractivity contribution is 5.91. The van der Waals surface area contributed by atoms with Gasteiger partial charge in [-0.15, -0.1) is 0 Å². The fraction of sp³-hybridized carbons (Fsp3) is 0.581. The van der Waals surface area contributed by atoms with Gasteiger partial charge < -0.3 is 25.4 Å². The lowest BCUT2D eigenvalue weighted by molar-refractivity contribution is -0.137.